The quantitative estimate of drug-likeness (QED) is 0.655. The number of benzene rings is 1. The Hall–Kier alpha value is -1.73. The highest BCUT2D eigenvalue weighted by Crippen LogP contribution is 2.34. The van der Waals surface area contributed by atoms with Gasteiger partial charge in [0.25, 0.3) is 0 Å². The highest BCUT2D eigenvalue weighted by molar-refractivity contribution is 7.99. The summed E-state index contributed by atoms with van der Waals surface area (Å²) in [4.78, 5) is 4.21. The lowest BCUT2D eigenvalue weighted by Crippen LogP contribution is -2.16. The van der Waals surface area contributed by atoms with Crippen LogP contribution < -0.4 is 5.73 Å². The normalized spacial score (nSPS) is 11.4. The fraction of sp³-hybridized carbons (Fsp3) is 0.0769. The highest BCUT2D eigenvalue weighted by Gasteiger charge is 2.33. The number of nitrogens with zero attached hydrogens (tertiary/aromatic N) is 1. The summed E-state index contributed by atoms with van der Waals surface area (Å²) < 4.78 is 38.2. The molecule has 0 atom stereocenters. The number of amidine groups is 1. The van der Waals surface area contributed by atoms with E-state index in [9.17, 15) is 13.2 Å². The van der Waals surface area contributed by atoms with Crippen molar-refractivity contribution in [3.8, 4) is 0 Å². The van der Waals surface area contributed by atoms with E-state index in [-0.39, 0.29) is 16.4 Å². The van der Waals surface area contributed by atoms with Crippen LogP contribution in [-0.2, 0) is 6.18 Å². The van der Waals surface area contributed by atoms with Crippen molar-refractivity contribution in [3.63, 3.8) is 0 Å². The molecule has 8 heteroatoms. The summed E-state index contributed by atoms with van der Waals surface area (Å²) in [5.74, 6) is -0.340. The molecule has 0 aliphatic carbocycles. The number of aromatic nitrogens is 1. The first-order valence-corrected chi connectivity index (χ1v) is 6.83. The van der Waals surface area contributed by atoms with Gasteiger partial charge in [-0.3, -0.25) is 5.41 Å². The molecule has 21 heavy (non-hydrogen) atoms. The van der Waals surface area contributed by atoms with Gasteiger partial charge in [-0.15, -0.1) is 0 Å². The summed E-state index contributed by atoms with van der Waals surface area (Å²) in [6.07, 6.45) is -4.55. The molecule has 0 bridgehead atoms. The Morgan fingerprint density at radius 2 is 1.76 bits per heavy atom. The molecule has 1 heterocycles. The molecule has 0 saturated carbocycles. The van der Waals surface area contributed by atoms with Crippen molar-refractivity contribution in [1.29, 1.82) is 5.41 Å². The number of hydrogen-bond acceptors (Lipinski definition) is 3. The number of nitrogen functional groups attached to an aromatic ring is 1. The van der Waals surface area contributed by atoms with Gasteiger partial charge in [-0.25, -0.2) is 4.98 Å². The fourth-order valence-electron chi connectivity index (χ4n) is 1.50. The van der Waals surface area contributed by atoms with Crippen LogP contribution in [0.15, 0.2) is 46.3 Å². The molecule has 0 spiro atoms. The molecule has 0 unspecified atom stereocenters. The SMILES string of the molecule is N=C(N)c1ccc(C(F)(F)F)nc1Sc1ccc(Cl)cc1. The molecule has 0 fully saturated rings. The maximum absolute atomic E-state index is 12.7. The molecule has 0 aliphatic rings. The molecular weight excluding hydrogens is 323 g/mol. The number of alkyl halides is 3. The maximum Gasteiger partial charge on any atom is 0.433 e. The van der Waals surface area contributed by atoms with Crippen molar-refractivity contribution in [2.45, 2.75) is 16.1 Å². The van der Waals surface area contributed by atoms with Crippen LogP contribution in [0.25, 0.3) is 0 Å². The number of hydrogen-bond donors (Lipinski definition) is 2. The Morgan fingerprint density at radius 3 is 2.29 bits per heavy atom. The molecule has 0 aliphatic heterocycles. The van der Waals surface area contributed by atoms with Gasteiger partial charge in [-0.2, -0.15) is 13.2 Å². The first-order valence-electron chi connectivity index (χ1n) is 5.63. The van der Waals surface area contributed by atoms with Gasteiger partial charge in [-0.05, 0) is 36.4 Å². The standard InChI is InChI=1S/C13H9ClF3N3S/c14-7-1-3-8(4-2-7)21-12-9(11(18)19)5-6-10(20-12)13(15,16)17/h1-6H,(H3,18,19). The monoisotopic (exact) mass is 331 g/mol. The van der Waals surface area contributed by atoms with Crippen molar-refractivity contribution < 1.29 is 13.2 Å². The Labute approximate surface area is 127 Å². The smallest absolute Gasteiger partial charge is 0.384 e. The van der Waals surface area contributed by atoms with Crippen LogP contribution in [-0.4, -0.2) is 10.8 Å². The molecule has 2 aromatic rings. The van der Waals surface area contributed by atoms with E-state index in [0.717, 1.165) is 23.9 Å². The third kappa shape index (κ3) is 3.89. The number of halogens is 4. The number of nitrogens with two attached hydrogens (primary N) is 1. The molecule has 0 radical (unpaired) electrons. The molecule has 3 nitrogen and oxygen atoms in total. The van der Waals surface area contributed by atoms with Crippen molar-refractivity contribution in [2.75, 3.05) is 0 Å². The summed E-state index contributed by atoms with van der Waals surface area (Å²) in [6, 6.07) is 8.49. The van der Waals surface area contributed by atoms with Gasteiger partial charge >= 0.3 is 6.18 Å². The molecule has 1 aromatic carbocycles. The molecule has 2 rings (SSSR count). The minimum Gasteiger partial charge on any atom is -0.384 e. The van der Waals surface area contributed by atoms with Crippen molar-refractivity contribution >= 4 is 29.2 Å². The van der Waals surface area contributed by atoms with Gasteiger partial charge in [0.2, 0.25) is 0 Å². The second-order valence-electron chi connectivity index (χ2n) is 4.02. The van der Waals surface area contributed by atoms with Crippen LogP contribution >= 0.6 is 23.4 Å². The Bertz CT molecular complexity index is 671. The third-order valence-corrected chi connectivity index (χ3v) is 3.73. The summed E-state index contributed by atoms with van der Waals surface area (Å²) in [6.45, 7) is 0. The molecule has 0 amide bonds. The van der Waals surface area contributed by atoms with Crippen LogP contribution in [0.2, 0.25) is 5.02 Å². The third-order valence-electron chi connectivity index (χ3n) is 2.47. The minimum absolute atomic E-state index is 0.0275. The van der Waals surface area contributed by atoms with Gasteiger partial charge in [0.05, 0.1) is 0 Å². The number of rotatable bonds is 3. The first kappa shape index (κ1) is 15.7. The van der Waals surface area contributed by atoms with Crippen molar-refractivity contribution in [2.24, 2.45) is 5.73 Å². The summed E-state index contributed by atoms with van der Waals surface area (Å²) >= 11 is 6.74. The van der Waals surface area contributed by atoms with E-state index in [1.807, 2.05) is 0 Å². The van der Waals surface area contributed by atoms with Gasteiger partial charge < -0.3 is 5.73 Å². The van der Waals surface area contributed by atoms with E-state index in [1.165, 1.54) is 0 Å². The van der Waals surface area contributed by atoms with Crippen molar-refractivity contribution in [3.05, 3.63) is 52.7 Å². The lowest BCUT2D eigenvalue weighted by molar-refractivity contribution is -0.141. The highest BCUT2D eigenvalue weighted by atomic mass is 35.5. The molecule has 3 N–H and O–H groups in total. The first-order chi connectivity index (χ1) is 9.77. The summed E-state index contributed by atoms with van der Waals surface area (Å²) in [5, 5.41) is 7.97. The lowest BCUT2D eigenvalue weighted by Gasteiger charge is -2.11. The van der Waals surface area contributed by atoms with Gasteiger partial charge in [0, 0.05) is 15.5 Å². The lowest BCUT2D eigenvalue weighted by atomic mass is 10.2. The minimum atomic E-state index is -4.55. The Balaban J connectivity index is 2.43. The molecule has 0 saturated heterocycles. The van der Waals surface area contributed by atoms with Crippen LogP contribution in [0.4, 0.5) is 13.2 Å². The maximum atomic E-state index is 12.7. The van der Waals surface area contributed by atoms with Crippen molar-refractivity contribution in [1.82, 2.24) is 4.98 Å². The zero-order valence-corrected chi connectivity index (χ0v) is 12.0. The van der Waals surface area contributed by atoms with Gasteiger partial charge in [0.15, 0.2) is 0 Å². The van der Waals surface area contributed by atoms with E-state index < -0.39 is 11.9 Å². The number of pyridine rings is 1. The summed E-state index contributed by atoms with van der Waals surface area (Å²) in [5.41, 5.74) is 4.51. The molecular formula is C13H9ClF3N3S. The zero-order chi connectivity index (χ0) is 15.6. The largest absolute Gasteiger partial charge is 0.433 e. The van der Waals surface area contributed by atoms with Crippen LogP contribution in [0.5, 0.6) is 0 Å². The average molecular weight is 332 g/mol. The second-order valence-corrected chi connectivity index (χ2v) is 5.52. The predicted octanol–water partition coefficient (Wildman–Crippen LogP) is 4.19. The summed E-state index contributed by atoms with van der Waals surface area (Å²) in [7, 11) is 0. The Kier molecular flexibility index (Phi) is 4.43. The average Bonchev–Trinajstić information content (AvgIpc) is 2.40. The van der Waals surface area contributed by atoms with E-state index >= 15 is 0 Å². The fourth-order valence-corrected chi connectivity index (χ4v) is 2.55. The van der Waals surface area contributed by atoms with E-state index in [2.05, 4.69) is 4.98 Å². The van der Waals surface area contributed by atoms with Crippen LogP contribution in [0.3, 0.4) is 0 Å². The van der Waals surface area contributed by atoms with E-state index in [0.29, 0.717) is 9.92 Å². The molecule has 110 valence electrons. The topological polar surface area (TPSA) is 62.8 Å². The van der Waals surface area contributed by atoms with E-state index in [4.69, 9.17) is 22.7 Å². The molecule has 1 aromatic heterocycles. The second kappa shape index (κ2) is 5.95. The van der Waals surface area contributed by atoms with Crippen LogP contribution in [0, 0.1) is 5.41 Å². The van der Waals surface area contributed by atoms with Gasteiger partial charge in [-0.1, -0.05) is 23.4 Å². The zero-order valence-electron chi connectivity index (χ0n) is 10.4. The predicted molar refractivity (Wildman–Crippen MR) is 75.8 cm³/mol. The van der Waals surface area contributed by atoms with E-state index in [1.54, 1.807) is 24.3 Å². The number of nitrogens with one attached hydrogen (secondary N) is 1. The van der Waals surface area contributed by atoms with Gasteiger partial charge in [0.1, 0.15) is 16.6 Å². The van der Waals surface area contributed by atoms with Crippen LogP contribution in [0.1, 0.15) is 11.3 Å². The Morgan fingerprint density at radius 1 is 1.14 bits per heavy atom.